The number of benzene rings is 1. The van der Waals surface area contributed by atoms with Crippen LogP contribution in [0.1, 0.15) is 63.4 Å². The summed E-state index contributed by atoms with van der Waals surface area (Å²) >= 11 is 0. The highest BCUT2D eigenvalue weighted by Gasteiger charge is 2.44. The summed E-state index contributed by atoms with van der Waals surface area (Å²) in [5.41, 5.74) is 0.872. The van der Waals surface area contributed by atoms with Crippen LogP contribution in [0.4, 0.5) is 4.79 Å². The second-order valence-corrected chi connectivity index (χ2v) is 13.7. The molecule has 1 aromatic carbocycles. The molecule has 0 aliphatic carbocycles. The summed E-state index contributed by atoms with van der Waals surface area (Å²) in [6, 6.07) is 9.27. The van der Waals surface area contributed by atoms with Crippen LogP contribution in [0.2, 0.25) is 0 Å². The number of imide groups is 1. The van der Waals surface area contributed by atoms with E-state index < -0.39 is 79.5 Å². The van der Waals surface area contributed by atoms with E-state index in [-0.39, 0.29) is 64.6 Å². The van der Waals surface area contributed by atoms with E-state index in [0.29, 0.717) is 56.7 Å². The standard InChI is InChI=1S/C37H56N6O15/c44-23-26-33(51)34(52)35(53)36(57-26)55-19-18-40-27(45)12-6-2-7-15-38-28(46)20-42(22-32(50)58-43-30(48)13-14-31(43)49)21-29(47)39-16-8-3-9-17-41-37(54)56-24-25-10-4-1-5-11-25/h1,4-5,10-11,26,33-36,44,51-53H,2-3,6-9,12-24H2,(H,38,46)(H,39,47)(H,40,45)(H,41,54)/t26-,33-,34+,35+,36+/m1/s1. The fourth-order valence-electron chi connectivity index (χ4n) is 5.75. The van der Waals surface area contributed by atoms with E-state index in [2.05, 4.69) is 21.3 Å². The second kappa shape index (κ2) is 26.3. The van der Waals surface area contributed by atoms with Crippen molar-refractivity contribution in [2.75, 3.05) is 59.0 Å². The lowest BCUT2D eigenvalue weighted by atomic mass is 9.99. The molecule has 3 rings (SSSR count). The lowest BCUT2D eigenvalue weighted by molar-refractivity contribution is -0.300. The number of aliphatic hydroxyl groups is 4. The van der Waals surface area contributed by atoms with Crippen molar-refractivity contribution >= 4 is 41.6 Å². The Balaban J connectivity index is 1.29. The molecule has 2 aliphatic rings. The number of alkyl carbamates (subject to hydrolysis) is 1. The molecule has 0 aromatic heterocycles. The lowest BCUT2D eigenvalue weighted by Gasteiger charge is -2.39. The molecule has 58 heavy (non-hydrogen) atoms. The van der Waals surface area contributed by atoms with Gasteiger partial charge in [-0.2, -0.15) is 0 Å². The normalized spacial score (nSPS) is 20.4. The highest BCUT2D eigenvalue weighted by atomic mass is 16.7. The van der Waals surface area contributed by atoms with Gasteiger partial charge in [0, 0.05) is 45.4 Å². The van der Waals surface area contributed by atoms with Crippen LogP contribution >= 0.6 is 0 Å². The first-order valence-corrected chi connectivity index (χ1v) is 19.3. The molecule has 324 valence electrons. The third-order valence-corrected chi connectivity index (χ3v) is 8.90. The molecule has 2 aliphatic heterocycles. The van der Waals surface area contributed by atoms with Crippen molar-refractivity contribution in [1.29, 1.82) is 0 Å². The maximum absolute atomic E-state index is 12.7. The average molecular weight is 825 g/mol. The van der Waals surface area contributed by atoms with Crippen molar-refractivity contribution in [2.45, 2.75) is 95.1 Å². The summed E-state index contributed by atoms with van der Waals surface area (Å²) < 4.78 is 15.7. The molecule has 8 N–H and O–H groups in total. The van der Waals surface area contributed by atoms with Gasteiger partial charge in [-0.15, -0.1) is 5.06 Å². The Morgan fingerprint density at radius 1 is 0.724 bits per heavy atom. The molecule has 2 heterocycles. The Labute approximate surface area is 335 Å². The Hall–Kier alpha value is -4.77. The molecule has 0 saturated carbocycles. The zero-order valence-corrected chi connectivity index (χ0v) is 32.4. The minimum atomic E-state index is -1.57. The molecule has 0 radical (unpaired) electrons. The van der Waals surface area contributed by atoms with Crippen LogP contribution in [-0.4, -0.2) is 162 Å². The average Bonchev–Trinajstić information content (AvgIpc) is 3.51. The van der Waals surface area contributed by atoms with Crippen LogP contribution < -0.4 is 21.3 Å². The number of hydrogen-bond donors (Lipinski definition) is 8. The van der Waals surface area contributed by atoms with Crippen LogP contribution in [0, 0.1) is 0 Å². The number of carbonyl (C=O) groups is 7. The molecular weight excluding hydrogens is 768 g/mol. The van der Waals surface area contributed by atoms with Gasteiger partial charge in [0.1, 0.15) is 37.6 Å². The summed E-state index contributed by atoms with van der Waals surface area (Å²) in [6.07, 6.45) is -4.04. The van der Waals surface area contributed by atoms with E-state index >= 15 is 0 Å². The van der Waals surface area contributed by atoms with Gasteiger partial charge in [0.2, 0.25) is 17.7 Å². The molecule has 0 bridgehead atoms. The van der Waals surface area contributed by atoms with Crippen LogP contribution in [0.15, 0.2) is 30.3 Å². The van der Waals surface area contributed by atoms with E-state index in [1.165, 1.54) is 4.90 Å². The van der Waals surface area contributed by atoms with Crippen LogP contribution in [0.3, 0.4) is 0 Å². The van der Waals surface area contributed by atoms with Gasteiger partial charge in [0.15, 0.2) is 6.29 Å². The highest BCUT2D eigenvalue weighted by molar-refractivity contribution is 6.01. The number of carbonyl (C=O) groups excluding carboxylic acids is 7. The molecule has 21 nitrogen and oxygen atoms in total. The summed E-state index contributed by atoms with van der Waals surface area (Å²) in [6.45, 7) is -0.788. The monoisotopic (exact) mass is 824 g/mol. The topological polar surface area (TPSA) is 292 Å². The van der Waals surface area contributed by atoms with Gasteiger partial charge in [0.05, 0.1) is 26.3 Å². The van der Waals surface area contributed by atoms with Gasteiger partial charge in [-0.25, -0.2) is 9.59 Å². The molecule has 5 atom stereocenters. The first kappa shape index (κ1) is 47.6. The Bertz CT molecular complexity index is 1470. The fourth-order valence-corrected chi connectivity index (χ4v) is 5.75. The van der Waals surface area contributed by atoms with Crippen molar-refractivity contribution in [3.05, 3.63) is 35.9 Å². The molecule has 0 unspecified atom stereocenters. The number of hydroxylamine groups is 2. The zero-order valence-electron chi connectivity index (χ0n) is 32.4. The summed E-state index contributed by atoms with van der Waals surface area (Å²) in [7, 11) is 0. The van der Waals surface area contributed by atoms with E-state index in [1.54, 1.807) is 0 Å². The van der Waals surface area contributed by atoms with E-state index in [4.69, 9.17) is 19.0 Å². The lowest BCUT2D eigenvalue weighted by Crippen LogP contribution is -2.59. The minimum Gasteiger partial charge on any atom is -0.445 e. The molecule has 2 saturated heterocycles. The zero-order chi connectivity index (χ0) is 42.3. The van der Waals surface area contributed by atoms with Gasteiger partial charge >= 0.3 is 12.1 Å². The van der Waals surface area contributed by atoms with E-state index in [1.807, 2.05) is 30.3 Å². The first-order valence-electron chi connectivity index (χ1n) is 19.3. The quantitative estimate of drug-likeness (QED) is 0.0361. The van der Waals surface area contributed by atoms with Crippen LogP contribution in [-0.2, 0) is 54.4 Å². The maximum Gasteiger partial charge on any atom is 0.407 e. The summed E-state index contributed by atoms with van der Waals surface area (Å²) in [5, 5.41) is 50.0. The number of nitrogens with one attached hydrogen (secondary N) is 4. The van der Waals surface area contributed by atoms with Gasteiger partial charge in [-0.05, 0) is 37.7 Å². The third kappa shape index (κ3) is 17.8. The Morgan fingerprint density at radius 2 is 1.31 bits per heavy atom. The number of aliphatic hydroxyl groups excluding tert-OH is 4. The summed E-state index contributed by atoms with van der Waals surface area (Å²) in [5.74, 6) is -3.59. The van der Waals surface area contributed by atoms with Crippen molar-refractivity contribution in [1.82, 2.24) is 31.2 Å². The van der Waals surface area contributed by atoms with Gasteiger partial charge in [-0.3, -0.25) is 28.9 Å². The molecule has 6 amide bonds. The van der Waals surface area contributed by atoms with Crippen molar-refractivity contribution in [3.63, 3.8) is 0 Å². The fraction of sp³-hybridized carbons (Fsp3) is 0.649. The number of amides is 6. The maximum atomic E-state index is 12.7. The number of ether oxygens (including phenoxy) is 3. The smallest absolute Gasteiger partial charge is 0.407 e. The van der Waals surface area contributed by atoms with Gasteiger partial charge < -0.3 is 60.7 Å². The van der Waals surface area contributed by atoms with Gasteiger partial charge in [-0.1, -0.05) is 36.8 Å². The molecule has 2 fully saturated rings. The van der Waals surface area contributed by atoms with Gasteiger partial charge in [0.25, 0.3) is 11.8 Å². The van der Waals surface area contributed by atoms with Crippen LogP contribution in [0.5, 0.6) is 0 Å². The first-order chi connectivity index (χ1) is 27.9. The largest absolute Gasteiger partial charge is 0.445 e. The number of nitrogens with zero attached hydrogens (tertiary/aromatic N) is 2. The van der Waals surface area contributed by atoms with Crippen molar-refractivity contribution < 1.29 is 73.0 Å². The third-order valence-electron chi connectivity index (χ3n) is 8.90. The molecule has 1 aromatic rings. The van der Waals surface area contributed by atoms with E-state index in [0.717, 1.165) is 5.56 Å². The van der Waals surface area contributed by atoms with Crippen LogP contribution in [0.25, 0.3) is 0 Å². The molecule has 0 spiro atoms. The SMILES string of the molecule is O=C(CCCCCNC(=O)CN(CC(=O)NCCCCCNC(=O)OCc1ccccc1)CC(=O)ON1C(=O)CCC1=O)NCCO[C@H]1O[C@H](CO)[C@@H](O)[C@H](O)[C@@H]1O. The second-order valence-electron chi connectivity index (χ2n) is 13.7. The predicted octanol–water partition coefficient (Wildman–Crippen LogP) is -2.28. The Morgan fingerprint density at radius 3 is 1.93 bits per heavy atom. The van der Waals surface area contributed by atoms with Crippen molar-refractivity contribution in [2.24, 2.45) is 0 Å². The minimum absolute atomic E-state index is 0.0691. The molecular formula is C37H56N6O15. The Kier molecular flexibility index (Phi) is 21.6. The number of rotatable bonds is 26. The molecule has 21 heteroatoms. The number of unbranched alkanes of at least 4 members (excludes halogenated alkanes) is 4. The number of hydrogen-bond acceptors (Lipinski definition) is 16. The summed E-state index contributed by atoms with van der Waals surface area (Å²) in [4.78, 5) is 92.0. The highest BCUT2D eigenvalue weighted by Crippen LogP contribution is 2.21. The predicted molar refractivity (Wildman–Crippen MR) is 199 cm³/mol. The van der Waals surface area contributed by atoms with Crippen molar-refractivity contribution in [3.8, 4) is 0 Å². The van der Waals surface area contributed by atoms with E-state index in [9.17, 15) is 54.0 Å².